The molecule has 0 aromatic heterocycles. The Hall–Kier alpha value is -3.05. The molecule has 4 nitrogen and oxygen atoms in total. The molecule has 2 N–H and O–H groups in total. The normalized spacial score (nSPS) is 11.8. The van der Waals surface area contributed by atoms with Gasteiger partial charge in [0, 0.05) is 21.8 Å². The Morgan fingerprint density at radius 3 is 2.19 bits per heavy atom. The lowest BCUT2D eigenvalue weighted by Gasteiger charge is -2.14. The Morgan fingerprint density at radius 2 is 1.52 bits per heavy atom. The number of benzene rings is 3. The molecule has 3 rings (SSSR count). The first-order valence-electron chi connectivity index (χ1n) is 10.4. The van der Waals surface area contributed by atoms with Gasteiger partial charge in [0.15, 0.2) is 0 Å². The summed E-state index contributed by atoms with van der Waals surface area (Å²) >= 11 is 1.46. The number of carbonyl (C=O) groups excluding carboxylic acids is 2. The average molecular weight is 433 g/mol. The zero-order chi connectivity index (χ0) is 22.4. The fraction of sp³-hybridized carbons (Fsp3) is 0.231. The number of hydrogen-bond donors (Lipinski definition) is 2. The second kappa shape index (κ2) is 10.3. The van der Waals surface area contributed by atoms with Gasteiger partial charge < -0.3 is 10.6 Å². The molecule has 3 aromatic rings. The highest BCUT2D eigenvalue weighted by Crippen LogP contribution is 2.27. The number of thioether (sulfide) groups is 1. The Morgan fingerprint density at radius 1 is 0.806 bits per heavy atom. The van der Waals surface area contributed by atoms with Gasteiger partial charge in [0.1, 0.15) is 0 Å². The molecule has 0 spiro atoms. The van der Waals surface area contributed by atoms with Crippen LogP contribution >= 0.6 is 11.8 Å². The highest BCUT2D eigenvalue weighted by molar-refractivity contribution is 8.00. The first kappa shape index (κ1) is 22.6. The maximum atomic E-state index is 12.6. The van der Waals surface area contributed by atoms with Gasteiger partial charge in [-0.3, -0.25) is 9.59 Å². The molecule has 0 aliphatic heterocycles. The van der Waals surface area contributed by atoms with E-state index in [1.807, 2.05) is 86.6 Å². The standard InChI is InChI=1S/C26H28N2O2S/c1-17(2)20-12-14-21(15-13-20)27-25(29)19(4)31-23-10-7-9-22(16-23)28-26(30)24-11-6-5-8-18(24)3/h5-17,19H,1-4H3,(H,27,29)(H,28,30). The van der Waals surface area contributed by atoms with Crippen molar-refractivity contribution >= 4 is 35.0 Å². The summed E-state index contributed by atoms with van der Waals surface area (Å²) in [6, 6.07) is 23.0. The van der Waals surface area contributed by atoms with Gasteiger partial charge in [-0.2, -0.15) is 0 Å². The monoisotopic (exact) mass is 432 g/mol. The van der Waals surface area contributed by atoms with Gasteiger partial charge in [0.25, 0.3) is 5.91 Å². The van der Waals surface area contributed by atoms with Crippen LogP contribution in [-0.2, 0) is 4.79 Å². The molecule has 0 bridgehead atoms. The van der Waals surface area contributed by atoms with E-state index in [0.29, 0.717) is 17.2 Å². The molecule has 0 saturated heterocycles. The predicted octanol–water partition coefficient (Wildman–Crippen LogP) is 6.49. The Kier molecular flexibility index (Phi) is 7.53. The molecule has 2 amide bonds. The Labute approximate surface area is 188 Å². The van der Waals surface area contributed by atoms with Crippen LogP contribution in [0.4, 0.5) is 11.4 Å². The van der Waals surface area contributed by atoms with Gasteiger partial charge in [0.05, 0.1) is 5.25 Å². The van der Waals surface area contributed by atoms with Crippen molar-refractivity contribution in [2.24, 2.45) is 0 Å². The zero-order valence-electron chi connectivity index (χ0n) is 18.3. The molecule has 0 fully saturated rings. The van der Waals surface area contributed by atoms with E-state index in [9.17, 15) is 9.59 Å². The number of rotatable bonds is 7. The van der Waals surface area contributed by atoms with Crippen LogP contribution in [0, 0.1) is 6.92 Å². The van der Waals surface area contributed by atoms with E-state index < -0.39 is 0 Å². The van der Waals surface area contributed by atoms with Crippen LogP contribution in [0.3, 0.4) is 0 Å². The molecule has 0 heterocycles. The summed E-state index contributed by atoms with van der Waals surface area (Å²) < 4.78 is 0. The van der Waals surface area contributed by atoms with Crippen LogP contribution in [0.15, 0.2) is 77.7 Å². The van der Waals surface area contributed by atoms with Gasteiger partial charge in [-0.15, -0.1) is 11.8 Å². The highest BCUT2D eigenvalue weighted by Gasteiger charge is 2.16. The molecule has 3 aromatic carbocycles. The predicted molar refractivity (Wildman–Crippen MR) is 130 cm³/mol. The summed E-state index contributed by atoms with van der Waals surface area (Å²) in [4.78, 5) is 26.1. The summed E-state index contributed by atoms with van der Waals surface area (Å²) in [5.41, 5.74) is 4.32. The fourth-order valence-corrected chi connectivity index (χ4v) is 4.05. The van der Waals surface area contributed by atoms with Crippen LogP contribution in [0.2, 0.25) is 0 Å². The SMILES string of the molecule is Cc1ccccc1C(=O)Nc1cccc(SC(C)C(=O)Nc2ccc(C(C)C)cc2)c1. The lowest BCUT2D eigenvalue weighted by molar-refractivity contribution is -0.115. The molecule has 1 unspecified atom stereocenters. The second-order valence-electron chi connectivity index (χ2n) is 7.82. The van der Waals surface area contributed by atoms with Crippen molar-refractivity contribution in [3.05, 3.63) is 89.5 Å². The number of hydrogen-bond acceptors (Lipinski definition) is 3. The van der Waals surface area contributed by atoms with E-state index >= 15 is 0 Å². The van der Waals surface area contributed by atoms with E-state index in [0.717, 1.165) is 16.1 Å². The third kappa shape index (κ3) is 6.22. The molecule has 160 valence electrons. The highest BCUT2D eigenvalue weighted by atomic mass is 32.2. The van der Waals surface area contributed by atoms with Crippen molar-refractivity contribution in [2.45, 2.75) is 43.8 Å². The first-order chi connectivity index (χ1) is 14.8. The summed E-state index contributed by atoms with van der Waals surface area (Å²) in [5.74, 6) is 0.255. The van der Waals surface area contributed by atoms with Gasteiger partial charge >= 0.3 is 0 Å². The molecule has 0 radical (unpaired) electrons. The number of nitrogens with one attached hydrogen (secondary N) is 2. The third-order valence-corrected chi connectivity index (χ3v) is 6.10. The molecule has 31 heavy (non-hydrogen) atoms. The van der Waals surface area contributed by atoms with E-state index in [-0.39, 0.29) is 17.1 Å². The number of amides is 2. The van der Waals surface area contributed by atoms with E-state index in [1.165, 1.54) is 17.3 Å². The van der Waals surface area contributed by atoms with Gasteiger partial charge in [-0.05, 0) is 67.3 Å². The van der Waals surface area contributed by atoms with E-state index in [2.05, 4.69) is 24.5 Å². The number of carbonyl (C=O) groups is 2. The zero-order valence-corrected chi connectivity index (χ0v) is 19.1. The minimum absolute atomic E-state index is 0.0587. The van der Waals surface area contributed by atoms with Crippen molar-refractivity contribution in [1.82, 2.24) is 0 Å². The molecular weight excluding hydrogens is 404 g/mol. The largest absolute Gasteiger partial charge is 0.325 e. The molecule has 5 heteroatoms. The van der Waals surface area contributed by atoms with E-state index in [4.69, 9.17) is 0 Å². The van der Waals surface area contributed by atoms with E-state index in [1.54, 1.807) is 0 Å². The molecule has 0 saturated carbocycles. The van der Waals surface area contributed by atoms with Gasteiger partial charge in [-0.25, -0.2) is 0 Å². The van der Waals surface area contributed by atoms with Crippen molar-refractivity contribution < 1.29 is 9.59 Å². The molecule has 1 atom stereocenters. The lowest BCUT2D eigenvalue weighted by Crippen LogP contribution is -2.22. The number of aryl methyl sites for hydroxylation is 1. The summed E-state index contributed by atoms with van der Waals surface area (Å²) in [6.45, 7) is 8.08. The van der Waals surface area contributed by atoms with Crippen LogP contribution in [0.1, 0.15) is 48.2 Å². The van der Waals surface area contributed by atoms with Crippen molar-refractivity contribution in [1.29, 1.82) is 0 Å². The van der Waals surface area contributed by atoms with Crippen molar-refractivity contribution in [3.63, 3.8) is 0 Å². The summed E-state index contributed by atoms with van der Waals surface area (Å²) in [7, 11) is 0. The minimum Gasteiger partial charge on any atom is -0.325 e. The van der Waals surface area contributed by atoms with Crippen LogP contribution in [0.25, 0.3) is 0 Å². The number of anilines is 2. The molecule has 0 aliphatic carbocycles. The Balaban J connectivity index is 1.61. The maximum Gasteiger partial charge on any atom is 0.255 e. The Bertz CT molecular complexity index is 1060. The molecular formula is C26H28N2O2S. The lowest BCUT2D eigenvalue weighted by atomic mass is 10.0. The second-order valence-corrected chi connectivity index (χ2v) is 9.24. The fourth-order valence-electron chi connectivity index (χ4n) is 3.13. The van der Waals surface area contributed by atoms with Crippen molar-refractivity contribution in [2.75, 3.05) is 10.6 Å². The third-order valence-electron chi connectivity index (χ3n) is 5.01. The maximum absolute atomic E-state index is 12.6. The van der Waals surface area contributed by atoms with Crippen LogP contribution in [-0.4, -0.2) is 17.1 Å². The average Bonchev–Trinajstić information content (AvgIpc) is 2.74. The van der Waals surface area contributed by atoms with Gasteiger partial charge in [-0.1, -0.05) is 50.2 Å². The quantitative estimate of drug-likeness (QED) is 0.420. The summed E-state index contributed by atoms with van der Waals surface area (Å²) in [6.07, 6.45) is 0. The summed E-state index contributed by atoms with van der Waals surface area (Å²) in [5, 5.41) is 5.63. The molecule has 0 aliphatic rings. The minimum atomic E-state index is -0.285. The van der Waals surface area contributed by atoms with Crippen LogP contribution in [0.5, 0.6) is 0 Å². The van der Waals surface area contributed by atoms with Crippen LogP contribution < -0.4 is 10.6 Å². The topological polar surface area (TPSA) is 58.2 Å². The van der Waals surface area contributed by atoms with Gasteiger partial charge in [0.2, 0.25) is 5.91 Å². The first-order valence-corrected chi connectivity index (χ1v) is 11.3. The van der Waals surface area contributed by atoms with Crippen molar-refractivity contribution in [3.8, 4) is 0 Å². The smallest absolute Gasteiger partial charge is 0.255 e.